The van der Waals surface area contributed by atoms with Crippen molar-refractivity contribution in [1.82, 2.24) is 14.8 Å². The van der Waals surface area contributed by atoms with Crippen LogP contribution in [0.3, 0.4) is 0 Å². The molecule has 0 radical (unpaired) electrons. The second-order valence-electron chi connectivity index (χ2n) is 8.04. The first-order valence-corrected chi connectivity index (χ1v) is 12.4. The molecule has 7 heteroatoms. The van der Waals surface area contributed by atoms with Crippen LogP contribution in [0.1, 0.15) is 32.6 Å². The summed E-state index contributed by atoms with van der Waals surface area (Å²) in [4.78, 5) is 12.5. The van der Waals surface area contributed by atoms with E-state index in [1.165, 1.54) is 22.3 Å². The lowest BCUT2D eigenvalue weighted by atomic mass is 10.0. The molecule has 0 aliphatic rings. The molecule has 3 aromatic carbocycles. The number of halogens is 1. The number of hydrogen-bond donors (Lipinski definition) is 1. The molecule has 0 fully saturated rings. The standard InChI is InChI=1S/C26H25BrN4OS/c1-16-13-17(2)22(18(3)14-16)15-33-26-30-29-24(31(26)4)19-9-11-20(12-10-19)28-25(32)21-7-5-6-8-23(21)27/h5-14H,15H2,1-4H3,(H,28,32). The van der Waals surface area contributed by atoms with Crippen molar-refractivity contribution in [2.24, 2.45) is 7.05 Å². The maximum atomic E-state index is 12.5. The Bertz CT molecular complexity index is 1290. The fourth-order valence-corrected chi connectivity index (χ4v) is 5.38. The second kappa shape index (κ2) is 9.93. The third-order valence-corrected chi connectivity index (χ3v) is 7.28. The van der Waals surface area contributed by atoms with Crippen molar-refractivity contribution in [3.63, 3.8) is 0 Å². The Morgan fingerprint density at radius 2 is 1.67 bits per heavy atom. The highest BCUT2D eigenvalue weighted by molar-refractivity contribution is 9.10. The molecule has 4 aromatic rings. The summed E-state index contributed by atoms with van der Waals surface area (Å²) in [6.07, 6.45) is 0. The number of nitrogens with one attached hydrogen (secondary N) is 1. The number of thioether (sulfide) groups is 1. The van der Waals surface area contributed by atoms with E-state index in [1.54, 1.807) is 17.8 Å². The highest BCUT2D eigenvalue weighted by Gasteiger charge is 2.14. The molecule has 0 spiro atoms. The summed E-state index contributed by atoms with van der Waals surface area (Å²) in [5.41, 5.74) is 7.51. The molecule has 0 aliphatic heterocycles. The molecule has 5 nitrogen and oxygen atoms in total. The van der Waals surface area contributed by atoms with Crippen molar-refractivity contribution in [2.75, 3.05) is 5.32 Å². The summed E-state index contributed by atoms with van der Waals surface area (Å²) in [6.45, 7) is 6.45. The molecule has 0 bridgehead atoms. The Labute approximate surface area is 206 Å². The van der Waals surface area contributed by atoms with Gasteiger partial charge in [0.25, 0.3) is 5.91 Å². The van der Waals surface area contributed by atoms with Crippen molar-refractivity contribution < 1.29 is 4.79 Å². The van der Waals surface area contributed by atoms with Gasteiger partial charge in [-0.15, -0.1) is 10.2 Å². The number of amides is 1. The van der Waals surface area contributed by atoms with Gasteiger partial charge in [0, 0.05) is 28.5 Å². The topological polar surface area (TPSA) is 59.8 Å². The minimum absolute atomic E-state index is 0.158. The zero-order valence-corrected chi connectivity index (χ0v) is 21.4. The van der Waals surface area contributed by atoms with E-state index < -0.39 is 0 Å². The van der Waals surface area contributed by atoms with Crippen molar-refractivity contribution in [2.45, 2.75) is 31.7 Å². The highest BCUT2D eigenvalue weighted by Crippen LogP contribution is 2.29. The first-order valence-electron chi connectivity index (χ1n) is 10.6. The summed E-state index contributed by atoms with van der Waals surface area (Å²) < 4.78 is 2.78. The van der Waals surface area contributed by atoms with Gasteiger partial charge in [0.1, 0.15) is 0 Å². The first kappa shape index (κ1) is 23.3. The molecule has 0 atom stereocenters. The molecule has 0 saturated carbocycles. The summed E-state index contributed by atoms with van der Waals surface area (Å²) in [6, 6.07) is 19.5. The molecule has 168 valence electrons. The molecule has 4 rings (SSSR count). The number of nitrogens with zero attached hydrogens (tertiary/aromatic N) is 3. The van der Waals surface area contributed by atoms with Gasteiger partial charge >= 0.3 is 0 Å². The summed E-state index contributed by atoms with van der Waals surface area (Å²) >= 11 is 5.11. The maximum Gasteiger partial charge on any atom is 0.256 e. The number of hydrogen-bond acceptors (Lipinski definition) is 4. The lowest BCUT2D eigenvalue weighted by Crippen LogP contribution is -2.12. The lowest BCUT2D eigenvalue weighted by Gasteiger charge is -2.11. The maximum absolute atomic E-state index is 12.5. The van der Waals surface area contributed by atoms with Crippen LogP contribution in [0.15, 0.2) is 70.3 Å². The van der Waals surface area contributed by atoms with Crippen LogP contribution in [0, 0.1) is 20.8 Å². The van der Waals surface area contributed by atoms with Crippen LogP contribution < -0.4 is 5.32 Å². The molecule has 0 aliphatic carbocycles. The number of aromatic nitrogens is 3. The van der Waals surface area contributed by atoms with Gasteiger partial charge in [-0.3, -0.25) is 4.79 Å². The molecule has 1 N–H and O–H groups in total. The van der Waals surface area contributed by atoms with Gasteiger partial charge in [0.05, 0.1) is 5.56 Å². The van der Waals surface area contributed by atoms with E-state index >= 15 is 0 Å². The van der Waals surface area contributed by atoms with E-state index in [9.17, 15) is 4.79 Å². The third-order valence-electron chi connectivity index (χ3n) is 5.54. The zero-order chi connectivity index (χ0) is 23.5. The monoisotopic (exact) mass is 520 g/mol. The van der Waals surface area contributed by atoms with E-state index in [0.717, 1.165) is 32.5 Å². The minimum Gasteiger partial charge on any atom is -0.322 e. The van der Waals surface area contributed by atoms with Gasteiger partial charge in [-0.05, 0) is 89.8 Å². The predicted octanol–water partition coefficient (Wildman–Crippen LogP) is 6.71. The Kier molecular flexibility index (Phi) is 7.00. The van der Waals surface area contributed by atoms with E-state index in [4.69, 9.17) is 0 Å². The molecule has 1 amide bonds. The molecular weight excluding hydrogens is 496 g/mol. The van der Waals surface area contributed by atoms with Gasteiger partial charge in [-0.2, -0.15) is 0 Å². The number of aryl methyl sites for hydroxylation is 3. The van der Waals surface area contributed by atoms with Crippen LogP contribution in [0.25, 0.3) is 11.4 Å². The smallest absolute Gasteiger partial charge is 0.256 e. The number of rotatable bonds is 6. The third kappa shape index (κ3) is 5.20. The van der Waals surface area contributed by atoms with E-state index in [0.29, 0.717) is 5.56 Å². The number of carbonyl (C=O) groups excluding carboxylic acids is 1. The lowest BCUT2D eigenvalue weighted by molar-refractivity contribution is 0.102. The largest absolute Gasteiger partial charge is 0.322 e. The van der Waals surface area contributed by atoms with E-state index in [1.807, 2.05) is 54.1 Å². The minimum atomic E-state index is -0.158. The van der Waals surface area contributed by atoms with Crippen LogP contribution in [0.2, 0.25) is 0 Å². The average molecular weight is 521 g/mol. The molecule has 1 aromatic heterocycles. The normalized spacial score (nSPS) is 10.9. The van der Waals surface area contributed by atoms with Crippen molar-refractivity contribution in [1.29, 1.82) is 0 Å². The zero-order valence-electron chi connectivity index (χ0n) is 19.0. The molecule has 0 unspecified atom stereocenters. The van der Waals surface area contributed by atoms with Gasteiger partial charge in [0.15, 0.2) is 11.0 Å². The van der Waals surface area contributed by atoms with Gasteiger partial charge in [0.2, 0.25) is 0 Å². The number of anilines is 1. The van der Waals surface area contributed by atoms with E-state index in [2.05, 4.69) is 64.3 Å². The van der Waals surface area contributed by atoms with Crippen LogP contribution >= 0.6 is 27.7 Å². The quantitative estimate of drug-likeness (QED) is 0.287. The SMILES string of the molecule is Cc1cc(C)c(CSc2nnc(-c3ccc(NC(=O)c4ccccc4Br)cc3)n2C)c(C)c1. The van der Waals surface area contributed by atoms with Crippen molar-refractivity contribution >= 4 is 39.3 Å². The van der Waals surface area contributed by atoms with Crippen LogP contribution in [0.4, 0.5) is 5.69 Å². The molecule has 0 saturated heterocycles. The number of carbonyl (C=O) groups is 1. The molecule has 33 heavy (non-hydrogen) atoms. The van der Waals surface area contributed by atoms with E-state index in [-0.39, 0.29) is 5.91 Å². The average Bonchev–Trinajstić information content (AvgIpc) is 3.14. The predicted molar refractivity (Wildman–Crippen MR) is 139 cm³/mol. The van der Waals surface area contributed by atoms with Crippen LogP contribution in [-0.4, -0.2) is 20.7 Å². The Morgan fingerprint density at radius 1 is 1.00 bits per heavy atom. The van der Waals surface area contributed by atoms with Crippen LogP contribution in [0.5, 0.6) is 0 Å². The summed E-state index contributed by atoms with van der Waals surface area (Å²) in [5, 5.41) is 12.6. The Balaban J connectivity index is 1.46. The fourth-order valence-electron chi connectivity index (χ4n) is 3.81. The fraction of sp³-hybridized carbons (Fsp3) is 0.192. The van der Waals surface area contributed by atoms with Gasteiger partial charge in [-0.1, -0.05) is 41.6 Å². The Hall–Kier alpha value is -2.90. The summed E-state index contributed by atoms with van der Waals surface area (Å²) in [5.74, 6) is 1.48. The van der Waals surface area contributed by atoms with Gasteiger partial charge in [-0.25, -0.2) is 0 Å². The van der Waals surface area contributed by atoms with Gasteiger partial charge < -0.3 is 9.88 Å². The summed E-state index contributed by atoms with van der Waals surface area (Å²) in [7, 11) is 1.98. The second-order valence-corrected chi connectivity index (χ2v) is 9.84. The van der Waals surface area contributed by atoms with Crippen molar-refractivity contribution in [3.8, 4) is 11.4 Å². The highest BCUT2D eigenvalue weighted by atomic mass is 79.9. The van der Waals surface area contributed by atoms with Crippen molar-refractivity contribution in [3.05, 3.63) is 93.0 Å². The van der Waals surface area contributed by atoms with Crippen LogP contribution in [-0.2, 0) is 12.8 Å². The first-order chi connectivity index (χ1) is 15.8. The Morgan fingerprint density at radius 3 is 2.33 bits per heavy atom. The molecular formula is C26H25BrN4OS. The molecule has 1 heterocycles. The number of benzene rings is 3.